The number of hydrogen-bond donors (Lipinski definition) is 1. The van der Waals surface area contributed by atoms with Crippen LogP contribution in [0.15, 0.2) is 22.7 Å². The molecule has 1 aliphatic carbocycles. The molecule has 1 aliphatic rings. The molecule has 0 aliphatic heterocycles. The molecule has 2 unspecified atom stereocenters. The van der Waals surface area contributed by atoms with Crippen LogP contribution in [0.5, 0.6) is 0 Å². The molecule has 0 bridgehead atoms. The first-order valence-corrected chi connectivity index (χ1v) is 7.51. The predicted octanol–water partition coefficient (Wildman–Crippen LogP) is 4.01. The highest BCUT2D eigenvalue weighted by atomic mass is 79.9. The first-order chi connectivity index (χ1) is 8.95. The fourth-order valence-electron chi connectivity index (χ4n) is 2.86. The molecule has 0 amide bonds. The fraction of sp³-hybridized carbons (Fsp3) is 0.533. The molecule has 19 heavy (non-hydrogen) atoms. The fourth-order valence-corrected chi connectivity index (χ4v) is 3.11. The summed E-state index contributed by atoms with van der Waals surface area (Å²) in [6, 6.07) is 5.17. The number of carbonyl (C=O) groups excluding carboxylic acids is 1. The van der Waals surface area contributed by atoms with E-state index in [-0.39, 0.29) is 12.1 Å². The maximum atomic E-state index is 12.1. The number of halogens is 1. The Morgan fingerprint density at radius 2 is 1.89 bits per heavy atom. The van der Waals surface area contributed by atoms with E-state index in [0.717, 1.165) is 17.3 Å². The van der Waals surface area contributed by atoms with Crippen molar-refractivity contribution in [2.75, 3.05) is 5.73 Å². The van der Waals surface area contributed by atoms with E-state index in [1.54, 1.807) is 18.2 Å². The smallest absolute Gasteiger partial charge is 0.338 e. The van der Waals surface area contributed by atoms with Crippen molar-refractivity contribution in [1.29, 1.82) is 0 Å². The van der Waals surface area contributed by atoms with Gasteiger partial charge in [0.15, 0.2) is 0 Å². The van der Waals surface area contributed by atoms with E-state index in [0.29, 0.717) is 23.1 Å². The van der Waals surface area contributed by atoms with E-state index in [1.807, 2.05) is 0 Å². The van der Waals surface area contributed by atoms with Crippen LogP contribution in [-0.2, 0) is 4.74 Å². The maximum absolute atomic E-state index is 12.1. The normalized spacial score (nSPS) is 27.0. The van der Waals surface area contributed by atoms with Gasteiger partial charge in [0.1, 0.15) is 6.10 Å². The standard InChI is InChI=1S/C15H20BrNO2/c1-9-5-10(2)7-12(6-9)19-15(18)11-3-4-13(16)14(17)8-11/h3-4,8-10,12H,5-7,17H2,1-2H3. The maximum Gasteiger partial charge on any atom is 0.338 e. The van der Waals surface area contributed by atoms with Gasteiger partial charge in [-0.05, 0) is 65.2 Å². The number of ether oxygens (including phenoxy) is 1. The molecule has 1 aromatic carbocycles. The first-order valence-electron chi connectivity index (χ1n) is 6.71. The van der Waals surface area contributed by atoms with Crippen LogP contribution < -0.4 is 5.73 Å². The minimum Gasteiger partial charge on any atom is -0.459 e. The van der Waals surface area contributed by atoms with Gasteiger partial charge in [-0.2, -0.15) is 0 Å². The number of nitrogens with two attached hydrogens (primary N) is 1. The lowest BCUT2D eigenvalue weighted by molar-refractivity contribution is 0.00806. The molecule has 1 aromatic rings. The molecule has 0 aromatic heterocycles. The van der Waals surface area contributed by atoms with Crippen molar-refractivity contribution in [2.45, 2.75) is 39.2 Å². The highest BCUT2D eigenvalue weighted by Crippen LogP contribution is 2.31. The Hall–Kier alpha value is -1.03. The van der Waals surface area contributed by atoms with Crippen LogP contribution >= 0.6 is 15.9 Å². The summed E-state index contributed by atoms with van der Waals surface area (Å²) in [5.41, 5.74) is 6.86. The molecule has 1 saturated carbocycles. The average Bonchev–Trinajstić information content (AvgIpc) is 2.31. The van der Waals surface area contributed by atoms with Crippen LogP contribution in [0.1, 0.15) is 43.5 Å². The second-order valence-electron chi connectivity index (χ2n) is 5.68. The van der Waals surface area contributed by atoms with Crippen LogP contribution in [0.2, 0.25) is 0 Å². The van der Waals surface area contributed by atoms with Crippen LogP contribution in [0.3, 0.4) is 0 Å². The molecular weight excluding hydrogens is 306 g/mol. The quantitative estimate of drug-likeness (QED) is 0.660. The van der Waals surface area contributed by atoms with Gasteiger partial charge in [0.05, 0.1) is 5.56 Å². The molecule has 3 nitrogen and oxygen atoms in total. The summed E-state index contributed by atoms with van der Waals surface area (Å²) in [5, 5.41) is 0. The SMILES string of the molecule is CC1CC(C)CC(OC(=O)c2ccc(Br)c(N)c2)C1. The summed E-state index contributed by atoms with van der Waals surface area (Å²) >= 11 is 3.32. The minimum atomic E-state index is -0.273. The van der Waals surface area contributed by atoms with Crippen molar-refractivity contribution in [3.63, 3.8) is 0 Å². The molecule has 0 saturated heterocycles. The van der Waals surface area contributed by atoms with Crippen LogP contribution in [0.4, 0.5) is 5.69 Å². The van der Waals surface area contributed by atoms with Crippen molar-refractivity contribution in [3.05, 3.63) is 28.2 Å². The molecule has 0 radical (unpaired) electrons. The highest BCUT2D eigenvalue weighted by molar-refractivity contribution is 9.10. The lowest BCUT2D eigenvalue weighted by Crippen LogP contribution is -2.28. The molecule has 0 heterocycles. The van der Waals surface area contributed by atoms with Crippen LogP contribution in [0.25, 0.3) is 0 Å². The Kier molecular flexibility index (Phi) is 4.50. The molecule has 2 rings (SSSR count). The molecule has 1 fully saturated rings. The van der Waals surface area contributed by atoms with E-state index in [2.05, 4.69) is 29.8 Å². The summed E-state index contributed by atoms with van der Waals surface area (Å²) in [7, 11) is 0. The van der Waals surface area contributed by atoms with Crippen molar-refractivity contribution < 1.29 is 9.53 Å². The number of anilines is 1. The Labute approximate surface area is 122 Å². The van der Waals surface area contributed by atoms with Crippen LogP contribution in [0, 0.1) is 11.8 Å². The Morgan fingerprint density at radius 1 is 1.26 bits per heavy atom. The van der Waals surface area contributed by atoms with E-state index in [9.17, 15) is 4.79 Å². The number of nitrogen functional groups attached to an aromatic ring is 1. The minimum absolute atomic E-state index is 0.0381. The molecule has 4 heteroatoms. The van der Waals surface area contributed by atoms with Gasteiger partial charge < -0.3 is 10.5 Å². The molecule has 2 atom stereocenters. The second-order valence-corrected chi connectivity index (χ2v) is 6.54. The van der Waals surface area contributed by atoms with Gasteiger partial charge >= 0.3 is 5.97 Å². The third-order valence-electron chi connectivity index (χ3n) is 3.64. The third kappa shape index (κ3) is 3.72. The van der Waals surface area contributed by atoms with E-state index in [4.69, 9.17) is 10.5 Å². The predicted molar refractivity (Wildman–Crippen MR) is 79.9 cm³/mol. The Morgan fingerprint density at radius 3 is 2.47 bits per heavy atom. The highest BCUT2D eigenvalue weighted by Gasteiger charge is 2.27. The monoisotopic (exact) mass is 325 g/mol. The average molecular weight is 326 g/mol. The van der Waals surface area contributed by atoms with Gasteiger partial charge in [0.2, 0.25) is 0 Å². The van der Waals surface area contributed by atoms with E-state index < -0.39 is 0 Å². The van der Waals surface area contributed by atoms with Crippen molar-refractivity contribution in [3.8, 4) is 0 Å². The van der Waals surface area contributed by atoms with Gasteiger partial charge in [-0.3, -0.25) is 0 Å². The Bertz CT molecular complexity index is 465. The van der Waals surface area contributed by atoms with Crippen molar-refractivity contribution in [1.82, 2.24) is 0 Å². The van der Waals surface area contributed by atoms with Gasteiger partial charge in [-0.1, -0.05) is 13.8 Å². The lowest BCUT2D eigenvalue weighted by Gasteiger charge is -2.31. The number of benzene rings is 1. The summed E-state index contributed by atoms with van der Waals surface area (Å²) in [4.78, 5) is 12.1. The van der Waals surface area contributed by atoms with Gasteiger partial charge in [-0.25, -0.2) is 4.79 Å². The van der Waals surface area contributed by atoms with Crippen molar-refractivity contribution >= 4 is 27.6 Å². The zero-order chi connectivity index (χ0) is 14.0. The second kappa shape index (κ2) is 5.95. The largest absolute Gasteiger partial charge is 0.459 e. The number of carbonyl (C=O) groups is 1. The molecule has 104 valence electrons. The van der Waals surface area contributed by atoms with Crippen LogP contribution in [-0.4, -0.2) is 12.1 Å². The number of rotatable bonds is 2. The zero-order valence-electron chi connectivity index (χ0n) is 11.4. The van der Waals surface area contributed by atoms with E-state index >= 15 is 0 Å². The summed E-state index contributed by atoms with van der Waals surface area (Å²) in [6.07, 6.45) is 3.18. The lowest BCUT2D eigenvalue weighted by atomic mass is 9.82. The Balaban J connectivity index is 2.02. The molecule has 0 spiro atoms. The number of hydrogen-bond acceptors (Lipinski definition) is 3. The van der Waals surface area contributed by atoms with Gasteiger partial charge in [0.25, 0.3) is 0 Å². The summed E-state index contributed by atoms with van der Waals surface area (Å²) < 4.78 is 6.40. The topological polar surface area (TPSA) is 52.3 Å². The summed E-state index contributed by atoms with van der Waals surface area (Å²) in [5.74, 6) is 0.971. The molecule has 2 N–H and O–H groups in total. The van der Waals surface area contributed by atoms with Gasteiger partial charge in [0, 0.05) is 10.2 Å². The third-order valence-corrected chi connectivity index (χ3v) is 4.36. The zero-order valence-corrected chi connectivity index (χ0v) is 12.9. The summed E-state index contributed by atoms with van der Waals surface area (Å²) in [6.45, 7) is 4.43. The number of esters is 1. The van der Waals surface area contributed by atoms with E-state index in [1.165, 1.54) is 6.42 Å². The first kappa shape index (κ1) is 14.4. The molecular formula is C15H20BrNO2. The van der Waals surface area contributed by atoms with Crippen molar-refractivity contribution in [2.24, 2.45) is 11.8 Å². The van der Waals surface area contributed by atoms with Gasteiger partial charge in [-0.15, -0.1) is 0 Å².